The minimum atomic E-state index is -0.357. The van der Waals surface area contributed by atoms with Crippen LogP contribution in [0.4, 0.5) is 0 Å². The summed E-state index contributed by atoms with van der Waals surface area (Å²) in [5.41, 5.74) is 2.10. The largest absolute Gasteiger partial charge is 0.493 e. The van der Waals surface area contributed by atoms with Crippen LogP contribution in [-0.4, -0.2) is 38.0 Å². The monoisotopic (exact) mass is 384 g/mol. The molecule has 0 bridgehead atoms. The Kier molecular flexibility index (Phi) is 4.11. The van der Waals surface area contributed by atoms with Gasteiger partial charge in [0.25, 0.3) is 0 Å². The summed E-state index contributed by atoms with van der Waals surface area (Å²) < 4.78 is 50.5. The molecule has 1 fully saturated rings. The number of rotatable bonds is 6. The Labute approximate surface area is 174 Å². The van der Waals surface area contributed by atoms with Gasteiger partial charge in [0.15, 0.2) is 17.3 Å². The van der Waals surface area contributed by atoms with E-state index in [9.17, 15) is 4.79 Å². The van der Waals surface area contributed by atoms with Crippen LogP contribution in [0.3, 0.4) is 0 Å². The first-order valence-corrected chi connectivity index (χ1v) is 9.82. The fourth-order valence-corrected chi connectivity index (χ4v) is 4.45. The Bertz CT molecular complexity index is 1050. The standard InChI is InChI=1S/C24H29NO3/c1-27-22-14-19-13-20(24(26)21(19)15-23(22)28-2)12-17-8-10-25(11-9-17)16-18-6-4-3-5-7-18/h3-7,14-15,17,20H,8-13,16H2,1-2H3/i3D,4D,5D,6D,7D. The molecule has 28 heavy (non-hydrogen) atoms. The number of nitrogens with zero attached hydrogens (tertiary/aromatic N) is 1. The minimum absolute atomic E-state index is 0.0330. The summed E-state index contributed by atoms with van der Waals surface area (Å²) in [6.45, 7) is 1.90. The number of Topliss-reactive ketones (excluding diaryl/α,β-unsaturated/α-hetero) is 1. The molecule has 4 rings (SSSR count). The van der Waals surface area contributed by atoms with Crippen LogP contribution in [0.2, 0.25) is 0 Å². The molecule has 1 heterocycles. The zero-order chi connectivity index (χ0) is 23.9. The zero-order valence-corrected chi connectivity index (χ0v) is 16.4. The van der Waals surface area contributed by atoms with Gasteiger partial charge >= 0.3 is 0 Å². The second-order valence-corrected chi connectivity index (χ2v) is 7.69. The molecule has 1 aliphatic heterocycles. The van der Waals surface area contributed by atoms with Gasteiger partial charge < -0.3 is 9.47 Å². The Morgan fingerprint density at radius 3 is 2.43 bits per heavy atom. The van der Waals surface area contributed by atoms with Crippen molar-refractivity contribution in [2.24, 2.45) is 11.8 Å². The number of piperidine rings is 1. The topological polar surface area (TPSA) is 38.8 Å². The van der Waals surface area contributed by atoms with Crippen LogP contribution < -0.4 is 9.47 Å². The average Bonchev–Trinajstić information content (AvgIpc) is 3.13. The van der Waals surface area contributed by atoms with E-state index in [1.165, 1.54) is 0 Å². The highest BCUT2D eigenvalue weighted by atomic mass is 16.5. The third-order valence-corrected chi connectivity index (χ3v) is 5.97. The van der Waals surface area contributed by atoms with Crippen molar-refractivity contribution < 1.29 is 21.1 Å². The fourth-order valence-electron chi connectivity index (χ4n) is 4.45. The summed E-state index contributed by atoms with van der Waals surface area (Å²) in [7, 11) is 3.16. The molecule has 0 aromatic heterocycles. The number of likely N-dealkylation sites (tertiary alicyclic amines) is 1. The first kappa shape index (κ1) is 13.8. The second kappa shape index (κ2) is 8.36. The van der Waals surface area contributed by atoms with Crippen molar-refractivity contribution in [2.75, 3.05) is 27.3 Å². The van der Waals surface area contributed by atoms with Crippen molar-refractivity contribution in [1.82, 2.24) is 4.90 Å². The van der Waals surface area contributed by atoms with Gasteiger partial charge in [-0.15, -0.1) is 0 Å². The summed E-state index contributed by atoms with van der Waals surface area (Å²) in [4.78, 5) is 15.2. The molecule has 1 unspecified atom stereocenters. The van der Waals surface area contributed by atoms with Crippen molar-refractivity contribution in [3.8, 4) is 11.5 Å². The molecular formula is C24H29NO3. The molecule has 0 spiro atoms. The quantitative estimate of drug-likeness (QED) is 0.742. The van der Waals surface area contributed by atoms with Gasteiger partial charge in [0.1, 0.15) is 0 Å². The first-order chi connectivity index (χ1) is 15.7. The summed E-state index contributed by atoms with van der Waals surface area (Å²) in [5, 5.41) is 0. The number of ketones is 1. The molecule has 0 N–H and O–H groups in total. The first-order valence-electron chi connectivity index (χ1n) is 12.3. The van der Waals surface area contributed by atoms with Gasteiger partial charge in [0.05, 0.1) is 21.1 Å². The van der Waals surface area contributed by atoms with Crippen LogP contribution in [-0.2, 0) is 13.0 Å². The maximum Gasteiger partial charge on any atom is 0.166 e. The molecule has 1 aliphatic carbocycles. The second-order valence-electron chi connectivity index (χ2n) is 7.69. The number of carbonyl (C=O) groups excluding carboxylic acids is 1. The van der Waals surface area contributed by atoms with E-state index in [1.54, 1.807) is 20.3 Å². The fraction of sp³-hybridized carbons (Fsp3) is 0.458. The third-order valence-electron chi connectivity index (χ3n) is 5.97. The predicted octanol–water partition coefficient (Wildman–Crippen LogP) is 4.36. The summed E-state index contributed by atoms with van der Waals surface area (Å²) in [6, 6.07) is 2.53. The Morgan fingerprint density at radius 1 is 1.07 bits per heavy atom. The number of ether oxygens (including phenoxy) is 2. The van der Waals surface area contributed by atoms with E-state index in [-0.39, 0.29) is 41.9 Å². The van der Waals surface area contributed by atoms with Crippen LogP contribution in [0, 0.1) is 11.8 Å². The Hall–Kier alpha value is -2.33. The van der Waals surface area contributed by atoms with E-state index >= 15 is 0 Å². The Balaban J connectivity index is 1.37. The number of methoxy groups -OCH3 is 2. The van der Waals surface area contributed by atoms with E-state index in [2.05, 4.69) is 4.90 Å². The molecule has 2 aromatic rings. The van der Waals surface area contributed by atoms with Gasteiger partial charge in [-0.3, -0.25) is 9.69 Å². The van der Waals surface area contributed by atoms with E-state index in [1.807, 2.05) is 6.07 Å². The van der Waals surface area contributed by atoms with E-state index in [0.29, 0.717) is 29.5 Å². The number of benzene rings is 2. The smallest absolute Gasteiger partial charge is 0.166 e. The van der Waals surface area contributed by atoms with Gasteiger partial charge in [-0.25, -0.2) is 0 Å². The van der Waals surface area contributed by atoms with Gasteiger partial charge in [0, 0.05) is 18.0 Å². The maximum absolute atomic E-state index is 13.0. The summed E-state index contributed by atoms with van der Waals surface area (Å²) in [6.07, 6.45) is 3.40. The summed E-state index contributed by atoms with van der Waals surface area (Å²) >= 11 is 0. The van der Waals surface area contributed by atoms with Crippen LogP contribution in [0.25, 0.3) is 0 Å². The van der Waals surface area contributed by atoms with Crippen molar-refractivity contribution in [1.29, 1.82) is 0 Å². The van der Waals surface area contributed by atoms with Gasteiger partial charge in [-0.1, -0.05) is 30.2 Å². The minimum Gasteiger partial charge on any atom is -0.493 e. The molecular weight excluding hydrogens is 350 g/mol. The van der Waals surface area contributed by atoms with E-state index in [4.69, 9.17) is 16.3 Å². The maximum atomic E-state index is 13.0. The molecule has 2 aromatic carbocycles. The van der Waals surface area contributed by atoms with E-state index < -0.39 is 0 Å². The number of hydrogen-bond donors (Lipinski definition) is 0. The third kappa shape index (κ3) is 3.93. The highest BCUT2D eigenvalue weighted by molar-refractivity contribution is 6.02. The lowest BCUT2D eigenvalue weighted by atomic mass is 9.85. The van der Waals surface area contributed by atoms with Crippen LogP contribution in [0.15, 0.2) is 42.3 Å². The molecule has 0 amide bonds. The average molecular weight is 385 g/mol. The predicted molar refractivity (Wildman–Crippen MR) is 110 cm³/mol. The lowest BCUT2D eigenvalue weighted by Gasteiger charge is -2.32. The molecule has 1 saturated heterocycles. The van der Waals surface area contributed by atoms with Crippen molar-refractivity contribution in [3.63, 3.8) is 0 Å². The lowest BCUT2D eigenvalue weighted by Crippen LogP contribution is -2.34. The van der Waals surface area contributed by atoms with E-state index in [0.717, 1.165) is 49.9 Å². The molecule has 2 aliphatic rings. The SMILES string of the molecule is [2H]c1c([2H])c([2H])c(CN2CCC(CC3Cc4cc(OC)c(OC)cc4C3=O)CC2)c([2H])c1[2H]. The Morgan fingerprint density at radius 2 is 1.75 bits per heavy atom. The zero-order valence-electron chi connectivity index (χ0n) is 21.4. The van der Waals surface area contributed by atoms with Crippen molar-refractivity contribution >= 4 is 5.78 Å². The van der Waals surface area contributed by atoms with Gasteiger partial charge in [0.2, 0.25) is 0 Å². The number of hydrogen-bond acceptors (Lipinski definition) is 4. The molecule has 4 nitrogen and oxygen atoms in total. The van der Waals surface area contributed by atoms with Crippen molar-refractivity contribution in [2.45, 2.75) is 32.2 Å². The van der Waals surface area contributed by atoms with Crippen LogP contribution >= 0.6 is 0 Å². The van der Waals surface area contributed by atoms with Crippen molar-refractivity contribution in [3.05, 3.63) is 59.0 Å². The molecule has 1 atom stereocenters. The van der Waals surface area contributed by atoms with Crippen LogP contribution in [0.5, 0.6) is 11.5 Å². The highest BCUT2D eigenvalue weighted by Crippen LogP contribution is 2.39. The molecule has 0 radical (unpaired) electrons. The number of fused-ring (bicyclic) bond motifs is 1. The molecule has 148 valence electrons. The molecule has 0 saturated carbocycles. The van der Waals surface area contributed by atoms with Gasteiger partial charge in [-0.2, -0.15) is 0 Å². The van der Waals surface area contributed by atoms with Gasteiger partial charge in [-0.05, 0) is 68.0 Å². The van der Waals surface area contributed by atoms with Crippen LogP contribution in [0.1, 0.15) is 47.6 Å². The summed E-state index contributed by atoms with van der Waals surface area (Å²) in [5.74, 6) is 1.78. The number of carbonyl (C=O) groups is 1. The lowest BCUT2D eigenvalue weighted by molar-refractivity contribution is 0.0895. The normalized spacial score (nSPS) is 22.7. The highest BCUT2D eigenvalue weighted by Gasteiger charge is 2.34. The molecule has 4 heteroatoms.